The van der Waals surface area contributed by atoms with Crippen molar-refractivity contribution in [3.8, 4) is 11.5 Å². The van der Waals surface area contributed by atoms with Crippen molar-refractivity contribution in [2.24, 2.45) is 0 Å². The molecule has 0 fully saturated rings. The van der Waals surface area contributed by atoms with E-state index in [0.29, 0.717) is 0 Å². The topological polar surface area (TPSA) is 97.4 Å². The molecule has 0 amide bonds. The number of alkyl halides is 3. The maximum Gasteiger partial charge on any atom is 0.534 e. The quantitative estimate of drug-likeness (QED) is 0.413. The Labute approximate surface area is 157 Å². The zero-order chi connectivity index (χ0) is 20.9. The average Bonchev–Trinajstić information content (AvgIpc) is 2.98. The highest BCUT2D eigenvalue weighted by atomic mass is 32.2. The molecule has 0 saturated heterocycles. The number of hydrogen-bond donors (Lipinski definition) is 0. The van der Waals surface area contributed by atoms with Gasteiger partial charge in [0, 0.05) is 25.0 Å². The van der Waals surface area contributed by atoms with Crippen LogP contribution in [0, 0.1) is 0 Å². The van der Waals surface area contributed by atoms with E-state index in [1.807, 2.05) is 0 Å². The van der Waals surface area contributed by atoms with E-state index in [0.717, 1.165) is 0 Å². The number of esters is 1. The first-order chi connectivity index (χ1) is 12.9. The molecule has 154 valence electrons. The Hall–Kier alpha value is -2.47. The Morgan fingerprint density at radius 1 is 1.14 bits per heavy atom. The van der Waals surface area contributed by atoms with Gasteiger partial charge in [0.1, 0.15) is 23.7 Å². The fraction of sp³-hybridized carbons (Fsp3) is 0.438. The molecule has 12 heteroatoms. The van der Waals surface area contributed by atoms with E-state index in [-0.39, 0.29) is 34.8 Å². The highest BCUT2D eigenvalue weighted by Gasteiger charge is 2.49. The molecule has 2 aliphatic heterocycles. The number of carbonyl (C=O) groups is 1. The van der Waals surface area contributed by atoms with E-state index < -0.39 is 39.7 Å². The van der Waals surface area contributed by atoms with E-state index in [1.165, 1.54) is 33.1 Å². The molecular weight excluding hydrogens is 409 g/mol. The highest BCUT2D eigenvalue weighted by molar-refractivity contribution is 7.87. The normalized spacial score (nSPS) is 19.0. The maximum absolute atomic E-state index is 12.7. The molecular formula is C16H15F3O8S. The zero-order valence-electron chi connectivity index (χ0n) is 14.9. The first kappa shape index (κ1) is 20.3. The molecule has 0 atom stereocenters. The predicted molar refractivity (Wildman–Crippen MR) is 86.9 cm³/mol. The second-order valence-electron chi connectivity index (χ2n) is 6.29. The van der Waals surface area contributed by atoms with Crippen molar-refractivity contribution in [3.05, 3.63) is 29.0 Å². The number of hydrogen-bond acceptors (Lipinski definition) is 8. The number of methoxy groups -OCH3 is 1. The second kappa shape index (κ2) is 6.55. The Bertz CT molecular complexity index is 963. The van der Waals surface area contributed by atoms with Gasteiger partial charge in [-0.2, -0.15) is 21.6 Å². The lowest BCUT2D eigenvalue weighted by atomic mass is 9.99. The molecule has 0 aliphatic carbocycles. The SMILES string of the molecule is COc1ccc(C2=C(OS(=O)(=O)C(F)(F)F)COC2)c2c1C(=O)OC(C)(C)O2. The number of cyclic esters (lactones) is 1. The summed E-state index contributed by atoms with van der Waals surface area (Å²) in [6.07, 6.45) is 0. The number of rotatable bonds is 4. The van der Waals surface area contributed by atoms with Crippen molar-refractivity contribution in [2.75, 3.05) is 20.3 Å². The summed E-state index contributed by atoms with van der Waals surface area (Å²) in [6, 6.07) is 2.78. The average molecular weight is 424 g/mol. The molecule has 1 aromatic rings. The first-order valence-electron chi connectivity index (χ1n) is 7.80. The molecule has 0 N–H and O–H groups in total. The number of ether oxygens (including phenoxy) is 4. The van der Waals surface area contributed by atoms with Gasteiger partial charge in [0.25, 0.3) is 0 Å². The van der Waals surface area contributed by atoms with E-state index in [1.54, 1.807) is 0 Å². The lowest BCUT2D eigenvalue weighted by molar-refractivity contribution is -0.127. The Morgan fingerprint density at radius 2 is 1.82 bits per heavy atom. The van der Waals surface area contributed by atoms with Crippen LogP contribution in [0.15, 0.2) is 17.9 Å². The van der Waals surface area contributed by atoms with E-state index >= 15 is 0 Å². The van der Waals surface area contributed by atoms with E-state index in [9.17, 15) is 26.4 Å². The fourth-order valence-corrected chi connectivity index (χ4v) is 3.22. The van der Waals surface area contributed by atoms with Gasteiger partial charge in [0.15, 0.2) is 5.76 Å². The second-order valence-corrected chi connectivity index (χ2v) is 7.83. The van der Waals surface area contributed by atoms with Gasteiger partial charge in [-0.05, 0) is 12.1 Å². The molecule has 0 saturated carbocycles. The summed E-state index contributed by atoms with van der Waals surface area (Å²) < 4.78 is 86.0. The molecule has 0 bridgehead atoms. The van der Waals surface area contributed by atoms with Gasteiger partial charge in [-0.3, -0.25) is 0 Å². The first-order valence-corrected chi connectivity index (χ1v) is 9.21. The minimum absolute atomic E-state index is 0.00257. The molecule has 2 aliphatic rings. The number of halogens is 3. The molecule has 0 spiro atoms. The van der Waals surface area contributed by atoms with Crippen LogP contribution in [0.4, 0.5) is 13.2 Å². The third-order valence-corrected chi connectivity index (χ3v) is 4.85. The summed E-state index contributed by atoms with van der Waals surface area (Å²) in [5, 5.41) is 0. The Morgan fingerprint density at radius 3 is 2.43 bits per heavy atom. The Balaban J connectivity index is 2.16. The monoisotopic (exact) mass is 424 g/mol. The van der Waals surface area contributed by atoms with E-state index in [2.05, 4.69) is 4.18 Å². The van der Waals surface area contributed by atoms with Crippen LogP contribution in [0.1, 0.15) is 29.8 Å². The zero-order valence-corrected chi connectivity index (χ0v) is 15.7. The minimum atomic E-state index is -5.88. The van der Waals surface area contributed by atoms with Crippen LogP contribution in [-0.4, -0.2) is 46.0 Å². The summed E-state index contributed by atoms with van der Waals surface area (Å²) in [4.78, 5) is 12.4. The van der Waals surface area contributed by atoms with Crippen molar-refractivity contribution in [1.82, 2.24) is 0 Å². The third kappa shape index (κ3) is 3.49. The van der Waals surface area contributed by atoms with Crippen molar-refractivity contribution < 1.29 is 49.5 Å². The molecule has 0 unspecified atom stereocenters. The van der Waals surface area contributed by atoms with Crippen LogP contribution >= 0.6 is 0 Å². The van der Waals surface area contributed by atoms with Gasteiger partial charge >= 0.3 is 21.6 Å². The largest absolute Gasteiger partial charge is 0.534 e. The number of carbonyl (C=O) groups excluding carboxylic acids is 1. The summed E-state index contributed by atoms with van der Waals surface area (Å²) in [5.41, 5.74) is -5.56. The van der Waals surface area contributed by atoms with Gasteiger partial charge < -0.3 is 23.1 Å². The molecule has 0 aromatic heterocycles. The Kier molecular flexibility index (Phi) is 4.74. The molecule has 0 radical (unpaired) electrons. The van der Waals surface area contributed by atoms with Crippen LogP contribution in [0.25, 0.3) is 5.57 Å². The van der Waals surface area contributed by atoms with E-state index in [4.69, 9.17) is 18.9 Å². The lowest BCUT2D eigenvalue weighted by Crippen LogP contribution is -2.39. The van der Waals surface area contributed by atoms with Crippen LogP contribution in [0.5, 0.6) is 11.5 Å². The third-order valence-electron chi connectivity index (χ3n) is 3.86. The molecule has 8 nitrogen and oxygen atoms in total. The lowest BCUT2D eigenvalue weighted by Gasteiger charge is -2.33. The number of fused-ring (bicyclic) bond motifs is 1. The van der Waals surface area contributed by atoms with Crippen LogP contribution < -0.4 is 9.47 Å². The van der Waals surface area contributed by atoms with Crippen molar-refractivity contribution in [1.29, 1.82) is 0 Å². The predicted octanol–water partition coefficient (Wildman–Crippen LogP) is 2.59. The van der Waals surface area contributed by atoms with Gasteiger partial charge in [-0.15, -0.1) is 0 Å². The minimum Gasteiger partial charge on any atom is -0.496 e. The summed E-state index contributed by atoms with van der Waals surface area (Å²) in [6.45, 7) is 2.17. The van der Waals surface area contributed by atoms with Crippen molar-refractivity contribution in [3.63, 3.8) is 0 Å². The molecule has 1 aromatic carbocycles. The van der Waals surface area contributed by atoms with Crippen molar-refractivity contribution in [2.45, 2.75) is 25.1 Å². The van der Waals surface area contributed by atoms with Gasteiger partial charge in [-0.25, -0.2) is 4.79 Å². The van der Waals surface area contributed by atoms with Gasteiger partial charge in [0.05, 0.1) is 13.7 Å². The summed E-state index contributed by atoms with van der Waals surface area (Å²) in [7, 11) is -4.57. The maximum atomic E-state index is 12.7. The number of benzene rings is 1. The van der Waals surface area contributed by atoms with Gasteiger partial charge in [-0.1, -0.05) is 0 Å². The van der Waals surface area contributed by atoms with Gasteiger partial charge in [0.2, 0.25) is 5.79 Å². The fourth-order valence-electron chi connectivity index (χ4n) is 2.71. The van der Waals surface area contributed by atoms with Crippen molar-refractivity contribution >= 4 is 21.7 Å². The molecule has 2 heterocycles. The van der Waals surface area contributed by atoms with Crippen LogP contribution in [0.3, 0.4) is 0 Å². The standard InChI is InChI=1S/C16H15F3O8S/c1-15(2)25-13-8(4-5-10(23-3)12(13)14(20)26-15)9-6-24-7-11(9)27-28(21,22)16(17,18)19/h4-5H,6-7H2,1-3H3. The highest BCUT2D eigenvalue weighted by Crippen LogP contribution is 2.44. The smallest absolute Gasteiger partial charge is 0.496 e. The molecule has 28 heavy (non-hydrogen) atoms. The van der Waals surface area contributed by atoms with Crippen LogP contribution in [0.2, 0.25) is 0 Å². The summed E-state index contributed by atoms with van der Waals surface area (Å²) >= 11 is 0. The summed E-state index contributed by atoms with van der Waals surface area (Å²) in [5.74, 6) is -2.61. The molecule has 3 rings (SSSR count). The van der Waals surface area contributed by atoms with Crippen LogP contribution in [-0.2, 0) is 23.8 Å².